The number of hydrogen-bond acceptors (Lipinski definition) is 3. The second-order valence-corrected chi connectivity index (χ2v) is 6.50. The monoisotopic (exact) mass is 326 g/mol. The van der Waals surface area contributed by atoms with Gasteiger partial charge in [0.25, 0.3) is 0 Å². The van der Waals surface area contributed by atoms with Crippen molar-refractivity contribution in [1.29, 1.82) is 0 Å². The maximum absolute atomic E-state index is 11.2. The molecular formula is C20H38O3. The van der Waals surface area contributed by atoms with Gasteiger partial charge in [-0.25, -0.2) is 4.79 Å². The average molecular weight is 327 g/mol. The third kappa shape index (κ3) is 15.8. The number of aliphatic hydroxyl groups is 1. The molecule has 23 heavy (non-hydrogen) atoms. The molecule has 3 heteroatoms. The molecule has 0 saturated carbocycles. The van der Waals surface area contributed by atoms with Gasteiger partial charge in [0.05, 0.1) is 6.26 Å². The van der Waals surface area contributed by atoms with Crippen molar-refractivity contribution in [3.8, 4) is 0 Å². The van der Waals surface area contributed by atoms with Crippen molar-refractivity contribution in [2.75, 3.05) is 0 Å². The number of unbranched alkanes of at least 4 members (excludes halogenated alkanes) is 13. The van der Waals surface area contributed by atoms with Crippen molar-refractivity contribution in [3.63, 3.8) is 0 Å². The molecule has 0 amide bonds. The van der Waals surface area contributed by atoms with E-state index in [1.54, 1.807) is 0 Å². The van der Waals surface area contributed by atoms with Crippen molar-refractivity contribution in [2.45, 2.75) is 109 Å². The Morgan fingerprint density at radius 3 is 1.65 bits per heavy atom. The lowest BCUT2D eigenvalue weighted by Gasteiger charge is -2.07. The van der Waals surface area contributed by atoms with E-state index >= 15 is 0 Å². The van der Waals surface area contributed by atoms with Gasteiger partial charge in [0.15, 0.2) is 6.10 Å². The highest BCUT2D eigenvalue weighted by atomic mass is 16.5. The second-order valence-electron chi connectivity index (χ2n) is 6.50. The van der Waals surface area contributed by atoms with E-state index in [1.165, 1.54) is 77.0 Å². The molecule has 1 atom stereocenters. The van der Waals surface area contributed by atoms with Gasteiger partial charge in [0.1, 0.15) is 0 Å². The molecule has 0 saturated heterocycles. The van der Waals surface area contributed by atoms with Crippen LogP contribution >= 0.6 is 0 Å². The lowest BCUT2D eigenvalue weighted by atomic mass is 10.0. The van der Waals surface area contributed by atoms with Gasteiger partial charge in [-0.2, -0.15) is 0 Å². The molecule has 1 N–H and O–H groups in total. The van der Waals surface area contributed by atoms with Crippen LogP contribution in [-0.2, 0) is 9.53 Å². The molecule has 0 aliphatic heterocycles. The molecule has 3 nitrogen and oxygen atoms in total. The zero-order chi connectivity index (χ0) is 17.2. The Hall–Kier alpha value is -0.830. The van der Waals surface area contributed by atoms with Crippen LogP contribution in [0.3, 0.4) is 0 Å². The van der Waals surface area contributed by atoms with Crippen LogP contribution in [0.5, 0.6) is 0 Å². The molecule has 0 spiro atoms. The van der Waals surface area contributed by atoms with E-state index < -0.39 is 12.1 Å². The normalized spacial score (nSPS) is 12.1. The van der Waals surface area contributed by atoms with Crippen molar-refractivity contribution < 1.29 is 14.6 Å². The summed E-state index contributed by atoms with van der Waals surface area (Å²) in [7, 11) is 0. The first-order valence-corrected chi connectivity index (χ1v) is 9.71. The van der Waals surface area contributed by atoms with E-state index in [2.05, 4.69) is 18.2 Å². The van der Waals surface area contributed by atoms with Crippen LogP contribution in [0.2, 0.25) is 0 Å². The minimum Gasteiger partial charge on any atom is -0.433 e. The third-order valence-corrected chi connectivity index (χ3v) is 4.30. The molecule has 0 bridgehead atoms. The Morgan fingerprint density at radius 2 is 1.26 bits per heavy atom. The van der Waals surface area contributed by atoms with Gasteiger partial charge >= 0.3 is 5.97 Å². The molecule has 0 rings (SSSR count). The maximum Gasteiger partial charge on any atom is 0.339 e. The second kappa shape index (κ2) is 17.5. The van der Waals surface area contributed by atoms with E-state index in [-0.39, 0.29) is 0 Å². The Morgan fingerprint density at radius 1 is 0.870 bits per heavy atom. The molecule has 136 valence electrons. The van der Waals surface area contributed by atoms with Crippen LogP contribution in [0, 0.1) is 0 Å². The fourth-order valence-electron chi connectivity index (χ4n) is 2.81. The summed E-state index contributed by atoms with van der Waals surface area (Å²) in [5.41, 5.74) is 0. The van der Waals surface area contributed by atoms with Crippen molar-refractivity contribution >= 4 is 5.97 Å². The summed E-state index contributed by atoms with van der Waals surface area (Å²) in [4.78, 5) is 11.2. The average Bonchev–Trinajstić information content (AvgIpc) is 2.55. The fraction of sp³-hybridized carbons (Fsp3) is 0.850. The standard InChI is InChI=1S/C20H38O3/c1-3-5-6-7-8-9-10-11-12-13-14-15-16-17-18-19(21)20(22)23-4-2/h4,19,21H,2-3,5-18H2,1H3. The molecular weight excluding hydrogens is 288 g/mol. The largest absolute Gasteiger partial charge is 0.433 e. The number of carbonyl (C=O) groups is 1. The highest BCUT2D eigenvalue weighted by molar-refractivity contribution is 5.74. The first-order chi connectivity index (χ1) is 11.2. The fourth-order valence-corrected chi connectivity index (χ4v) is 2.81. The lowest BCUT2D eigenvalue weighted by molar-refractivity contribution is -0.147. The lowest BCUT2D eigenvalue weighted by Crippen LogP contribution is -2.20. The van der Waals surface area contributed by atoms with Crippen molar-refractivity contribution in [3.05, 3.63) is 12.8 Å². The van der Waals surface area contributed by atoms with E-state index in [0.717, 1.165) is 19.1 Å². The Kier molecular flexibility index (Phi) is 16.9. The van der Waals surface area contributed by atoms with Gasteiger partial charge in [-0.15, -0.1) is 0 Å². The van der Waals surface area contributed by atoms with Gasteiger partial charge in [-0.3, -0.25) is 0 Å². The first kappa shape index (κ1) is 22.2. The topological polar surface area (TPSA) is 46.5 Å². The van der Waals surface area contributed by atoms with E-state index in [4.69, 9.17) is 0 Å². The van der Waals surface area contributed by atoms with Crippen LogP contribution in [0.4, 0.5) is 0 Å². The summed E-state index contributed by atoms with van der Waals surface area (Å²) < 4.78 is 4.55. The molecule has 0 aromatic rings. The van der Waals surface area contributed by atoms with Crippen molar-refractivity contribution in [1.82, 2.24) is 0 Å². The number of aliphatic hydroxyl groups excluding tert-OH is 1. The van der Waals surface area contributed by atoms with Crippen LogP contribution in [0.1, 0.15) is 103 Å². The summed E-state index contributed by atoms with van der Waals surface area (Å²) in [6.07, 6.45) is 18.8. The predicted molar refractivity (Wildman–Crippen MR) is 97.2 cm³/mol. The zero-order valence-electron chi connectivity index (χ0n) is 15.2. The highest BCUT2D eigenvalue weighted by Crippen LogP contribution is 2.13. The Bertz CT molecular complexity index is 276. The smallest absolute Gasteiger partial charge is 0.339 e. The summed E-state index contributed by atoms with van der Waals surface area (Å²) in [6.45, 7) is 5.57. The van der Waals surface area contributed by atoms with Crippen LogP contribution < -0.4 is 0 Å². The zero-order valence-corrected chi connectivity index (χ0v) is 15.2. The highest BCUT2D eigenvalue weighted by Gasteiger charge is 2.14. The number of esters is 1. The van der Waals surface area contributed by atoms with Gasteiger partial charge in [0.2, 0.25) is 0 Å². The minimum atomic E-state index is -0.995. The van der Waals surface area contributed by atoms with Crippen LogP contribution in [-0.4, -0.2) is 17.2 Å². The quantitative estimate of drug-likeness (QED) is 0.205. The Balaban J connectivity index is 3.16. The minimum absolute atomic E-state index is 0.491. The maximum atomic E-state index is 11.2. The van der Waals surface area contributed by atoms with Gasteiger partial charge in [0, 0.05) is 0 Å². The number of ether oxygens (including phenoxy) is 1. The SMILES string of the molecule is C=COC(=O)C(O)CCCCCCCCCCCCCCCC. The van der Waals surface area contributed by atoms with Gasteiger partial charge < -0.3 is 9.84 Å². The molecule has 0 aromatic heterocycles. The van der Waals surface area contributed by atoms with E-state index in [1.807, 2.05) is 0 Å². The van der Waals surface area contributed by atoms with E-state index in [9.17, 15) is 9.90 Å². The summed E-state index contributed by atoms with van der Waals surface area (Å²) in [5, 5.41) is 9.52. The summed E-state index contributed by atoms with van der Waals surface area (Å²) >= 11 is 0. The molecule has 0 fully saturated rings. The number of carbonyl (C=O) groups excluding carboxylic acids is 1. The first-order valence-electron chi connectivity index (χ1n) is 9.71. The van der Waals surface area contributed by atoms with Gasteiger partial charge in [-0.05, 0) is 6.42 Å². The third-order valence-electron chi connectivity index (χ3n) is 4.30. The molecule has 0 heterocycles. The number of hydrogen-bond donors (Lipinski definition) is 1. The molecule has 0 aromatic carbocycles. The Labute approximate surface area is 143 Å². The van der Waals surface area contributed by atoms with E-state index in [0.29, 0.717) is 6.42 Å². The summed E-state index contributed by atoms with van der Waals surface area (Å²) in [6, 6.07) is 0. The van der Waals surface area contributed by atoms with Crippen molar-refractivity contribution in [2.24, 2.45) is 0 Å². The van der Waals surface area contributed by atoms with Crippen LogP contribution in [0.15, 0.2) is 12.8 Å². The number of rotatable bonds is 17. The molecule has 0 aliphatic rings. The van der Waals surface area contributed by atoms with Gasteiger partial charge in [-0.1, -0.05) is 103 Å². The molecule has 0 aliphatic carbocycles. The summed E-state index contributed by atoms with van der Waals surface area (Å²) in [5.74, 6) is -0.588. The molecule has 0 radical (unpaired) electrons. The van der Waals surface area contributed by atoms with Crippen LogP contribution in [0.25, 0.3) is 0 Å². The predicted octanol–water partition coefficient (Wildman–Crippen LogP) is 5.91. The molecule has 1 unspecified atom stereocenters.